The van der Waals surface area contributed by atoms with Crippen LogP contribution in [0.5, 0.6) is 0 Å². The molecule has 0 amide bonds. The summed E-state index contributed by atoms with van der Waals surface area (Å²) in [6.07, 6.45) is 3.74. The van der Waals surface area contributed by atoms with E-state index in [4.69, 9.17) is 4.74 Å². The molecule has 1 N–H and O–H groups in total. The minimum absolute atomic E-state index is 0.404. The van der Waals surface area contributed by atoms with E-state index in [1.54, 1.807) is 7.11 Å². The molecule has 0 radical (unpaired) electrons. The van der Waals surface area contributed by atoms with Crippen LogP contribution in [0.3, 0.4) is 0 Å². The van der Waals surface area contributed by atoms with E-state index in [1.165, 1.54) is 30.4 Å². The van der Waals surface area contributed by atoms with Gasteiger partial charge in [0.25, 0.3) is 0 Å². The molecule has 0 saturated carbocycles. The number of hydrogen-bond acceptors (Lipinski definition) is 3. The topological polar surface area (TPSA) is 24.5 Å². The summed E-state index contributed by atoms with van der Waals surface area (Å²) in [4.78, 5) is 2.29. The van der Waals surface area contributed by atoms with Gasteiger partial charge in [0.1, 0.15) is 0 Å². The van der Waals surface area contributed by atoms with Crippen molar-refractivity contribution in [2.24, 2.45) is 0 Å². The van der Waals surface area contributed by atoms with Gasteiger partial charge < -0.3 is 15.0 Å². The monoisotopic (exact) mass is 292 g/mol. The van der Waals surface area contributed by atoms with Gasteiger partial charge in [0.05, 0.1) is 6.61 Å². The Morgan fingerprint density at radius 1 is 1.19 bits per heavy atom. The first-order valence-electron chi connectivity index (χ1n) is 8.17. The second-order valence-corrected chi connectivity index (χ2v) is 5.82. The van der Waals surface area contributed by atoms with Gasteiger partial charge in [-0.1, -0.05) is 37.6 Å². The quantitative estimate of drug-likeness (QED) is 0.677. The van der Waals surface area contributed by atoms with Crippen LogP contribution in [0.1, 0.15) is 43.9 Å². The summed E-state index contributed by atoms with van der Waals surface area (Å²) in [6.45, 7) is 8.30. The third-order valence-corrected chi connectivity index (χ3v) is 3.92. The largest absolute Gasteiger partial charge is 0.383 e. The molecular formula is C18H32N2O. The van der Waals surface area contributed by atoms with Gasteiger partial charge >= 0.3 is 0 Å². The third-order valence-electron chi connectivity index (χ3n) is 3.92. The first-order valence-corrected chi connectivity index (χ1v) is 8.17. The second kappa shape index (κ2) is 10.8. The average Bonchev–Trinajstić information content (AvgIpc) is 2.51. The fraction of sp³-hybridized carbons (Fsp3) is 0.667. The van der Waals surface area contributed by atoms with E-state index >= 15 is 0 Å². The van der Waals surface area contributed by atoms with Gasteiger partial charge in [-0.3, -0.25) is 0 Å². The molecule has 1 aromatic carbocycles. The van der Waals surface area contributed by atoms with Crippen LogP contribution < -0.4 is 5.32 Å². The molecule has 1 rings (SSSR count). The lowest BCUT2D eigenvalue weighted by Crippen LogP contribution is -2.32. The van der Waals surface area contributed by atoms with Gasteiger partial charge in [-0.25, -0.2) is 0 Å². The molecule has 0 aliphatic carbocycles. The third kappa shape index (κ3) is 7.60. The molecule has 0 aliphatic rings. The van der Waals surface area contributed by atoms with Crippen molar-refractivity contribution in [1.82, 2.24) is 10.2 Å². The van der Waals surface area contributed by atoms with Crippen LogP contribution in [0.2, 0.25) is 0 Å². The molecule has 0 aromatic heterocycles. The standard InChI is InChI=1S/C18H32N2O/c1-5-6-7-17-8-10-18(11-9-17)16(2)19-12-13-20(3)14-15-21-4/h8-11,16,19H,5-7,12-15H2,1-4H3. The first-order chi connectivity index (χ1) is 10.2. The van der Waals surface area contributed by atoms with E-state index in [9.17, 15) is 0 Å². The van der Waals surface area contributed by atoms with Crippen LogP contribution in [0, 0.1) is 0 Å². The van der Waals surface area contributed by atoms with E-state index in [0.29, 0.717) is 6.04 Å². The van der Waals surface area contributed by atoms with Crippen LogP contribution in [0.15, 0.2) is 24.3 Å². The summed E-state index contributed by atoms with van der Waals surface area (Å²) in [5, 5.41) is 3.59. The number of nitrogens with zero attached hydrogens (tertiary/aromatic N) is 1. The lowest BCUT2D eigenvalue weighted by Gasteiger charge is -2.19. The summed E-state index contributed by atoms with van der Waals surface area (Å²) in [5.41, 5.74) is 2.82. The molecule has 0 bridgehead atoms. The van der Waals surface area contributed by atoms with E-state index < -0.39 is 0 Å². The molecule has 0 spiro atoms. The number of unbranched alkanes of at least 4 members (excludes halogenated alkanes) is 1. The Morgan fingerprint density at radius 3 is 2.52 bits per heavy atom. The molecule has 0 fully saturated rings. The zero-order valence-corrected chi connectivity index (χ0v) is 14.2. The number of aryl methyl sites for hydroxylation is 1. The van der Waals surface area contributed by atoms with Crippen molar-refractivity contribution in [1.29, 1.82) is 0 Å². The maximum absolute atomic E-state index is 5.09. The maximum atomic E-state index is 5.09. The molecule has 0 heterocycles. The molecule has 0 saturated heterocycles. The summed E-state index contributed by atoms with van der Waals surface area (Å²) >= 11 is 0. The maximum Gasteiger partial charge on any atom is 0.0589 e. The van der Waals surface area contributed by atoms with Crippen molar-refractivity contribution in [3.8, 4) is 0 Å². The van der Waals surface area contributed by atoms with Crippen molar-refractivity contribution in [3.63, 3.8) is 0 Å². The van der Waals surface area contributed by atoms with Crippen LogP contribution >= 0.6 is 0 Å². The molecule has 3 heteroatoms. The summed E-state index contributed by atoms with van der Waals surface area (Å²) < 4.78 is 5.09. The Hall–Kier alpha value is -0.900. The highest BCUT2D eigenvalue weighted by Gasteiger charge is 2.05. The van der Waals surface area contributed by atoms with Crippen LogP contribution in [0.25, 0.3) is 0 Å². The predicted octanol–water partition coefficient (Wildman–Crippen LogP) is 3.26. The number of likely N-dealkylation sites (N-methyl/N-ethyl adjacent to an activating group) is 1. The van der Waals surface area contributed by atoms with Crippen molar-refractivity contribution < 1.29 is 4.74 Å². The highest BCUT2D eigenvalue weighted by molar-refractivity contribution is 5.24. The fourth-order valence-corrected chi connectivity index (χ4v) is 2.30. The highest BCUT2D eigenvalue weighted by atomic mass is 16.5. The van der Waals surface area contributed by atoms with Gasteiger partial charge in [0.15, 0.2) is 0 Å². The molecule has 1 unspecified atom stereocenters. The second-order valence-electron chi connectivity index (χ2n) is 5.82. The molecule has 1 atom stereocenters. The summed E-state index contributed by atoms with van der Waals surface area (Å²) in [5.74, 6) is 0. The average molecular weight is 292 g/mol. The van der Waals surface area contributed by atoms with Crippen LogP contribution in [-0.2, 0) is 11.2 Å². The minimum Gasteiger partial charge on any atom is -0.383 e. The van der Waals surface area contributed by atoms with Crippen molar-refractivity contribution in [2.75, 3.05) is 40.4 Å². The van der Waals surface area contributed by atoms with Crippen molar-refractivity contribution in [2.45, 2.75) is 39.2 Å². The first kappa shape index (κ1) is 18.1. The fourth-order valence-electron chi connectivity index (χ4n) is 2.30. The lowest BCUT2D eigenvalue weighted by molar-refractivity contribution is 0.161. The Kier molecular flexibility index (Phi) is 9.31. The number of hydrogen-bond donors (Lipinski definition) is 1. The van der Waals surface area contributed by atoms with Crippen LogP contribution in [-0.4, -0.2) is 45.3 Å². The molecular weight excluding hydrogens is 260 g/mol. The molecule has 3 nitrogen and oxygen atoms in total. The van der Waals surface area contributed by atoms with Gasteiger partial charge in [0.2, 0.25) is 0 Å². The lowest BCUT2D eigenvalue weighted by atomic mass is 10.0. The number of methoxy groups -OCH3 is 1. The Balaban J connectivity index is 2.29. The Morgan fingerprint density at radius 2 is 1.90 bits per heavy atom. The number of ether oxygens (including phenoxy) is 1. The van der Waals surface area contributed by atoms with E-state index in [-0.39, 0.29) is 0 Å². The van der Waals surface area contributed by atoms with Crippen molar-refractivity contribution >= 4 is 0 Å². The zero-order valence-electron chi connectivity index (χ0n) is 14.2. The molecule has 0 aliphatic heterocycles. The van der Waals surface area contributed by atoms with Crippen molar-refractivity contribution in [3.05, 3.63) is 35.4 Å². The van der Waals surface area contributed by atoms with Gasteiger partial charge in [-0.2, -0.15) is 0 Å². The smallest absolute Gasteiger partial charge is 0.0589 e. The summed E-state index contributed by atoms with van der Waals surface area (Å²) in [6, 6.07) is 9.47. The molecule has 1 aromatic rings. The highest BCUT2D eigenvalue weighted by Crippen LogP contribution is 2.14. The van der Waals surface area contributed by atoms with E-state index in [1.807, 2.05) is 0 Å². The Labute approximate surface area is 130 Å². The SMILES string of the molecule is CCCCc1ccc(C(C)NCCN(C)CCOC)cc1. The van der Waals surface area contributed by atoms with Crippen LogP contribution in [0.4, 0.5) is 0 Å². The van der Waals surface area contributed by atoms with E-state index in [2.05, 4.69) is 55.4 Å². The normalized spacial score (nSPS) is 12.8. The minimum atomic E-state index is 0.404. The summed E-state index contributed by atoms with van der Waals surface area (Å²) in [7, 11) is 3.88. The molecule has 120 valence electrons. The van der Waals surface area contributed by atoms with E-state index in [0.717, 1.165) is 26.2 Å². The predicted molar refractivity (Wildman–Crippen MR) is 90.8 cm³/mol. The van der Waals surface area contributed by atoms with Gasteiger partial charge in [-0.05, 0) is 37.9 Å². The number of nitrogens with one attached hydrogen (secondary N) is 1. The molecule has 21 heavy (non-hydrogen) atoms. The Bertz CT molecular complexity index is 364. The number of benzene rings is 1. The van der Waals surface area contributed by atoms with Gasteiger partial charge in [-0.15, -0.1) is 0 Å². The zero-order chi connectivity index (χ0) is 15.5. The number of rotatable bonds is 11. The van der Waals surface area contributed by atoms with Gasteiger partial charge in [0, 0.05) is 32.8 Å².